The van der Waals surface area contributed by atoms with Gasteiger partial charge >= 0.3 is 5.97 Å². The second-order valence-corrected chi connectivity index (χ2v) is 6.21. The van der Waals surface area contributed by atoms with Crippen LogP contribution in [0.15, 0.2) is 0 Å². The number of nitrogens with one attached hydrogen (secondary N) is 1. The lowest BCUT2D eigenvalue weighted by Gasteiger charge is -2.39. The van der Waals surface area contributed by atoms with E-state index < -0.39 is 11.5 Å². The van der Waals surface area contributed by atoms with Crippen molar-refractivity contribution in [3.63, 3.8) is 0 Å². The highest BCUT2D eigenvalue weighted by molar-refractivity contribution is 5.80. The molecule has 0 aromatic heterocycles. The summed E-state index contributed by atoms with van der Waals surface area (Å²) in [5.74, 6) is -0.400. The van der Waals surface area contributed by atoms with Crippen LogP contribution in [0.25, 0.3) is 0 Å². The van der Waals surface area contributed by atoms with E-state index in [9.17, 15) is 9.90 Å². The molecule has 2 N–H and O–H groups in total. The lowest BCUT2D eigenvalue weighted by atomic mass is 9.91. The zero-order valence-corrected chi connectivity index (χ0v) is 12.7. The maximum Gasteiger partial charge on any atom is 0.325 e. The minimum Gasteiger partial charge on any atom is -0.480 e. The van der Waals surface area contributed by atoms with Crippen molar-refractivity contribution in [3.8, 4) is 0 Å². The first-order chi connectivity index (χ1) is 9.62. The summed E-state index contributed by atoms with van der Waals surface area (Å²) in [6, 6.07) is 0. The predicted octanol–water partition coefficient (Wildman–Crippen LogP) is 1.33. The standard InChI is InChI=1S/C15H28N2O3/c1-3-8-16-15(14(18)19,12-6-7-12)11-17-9-4-5-13(10-17)20-2/h12-13,16H,3-11H2,1-2H3,(H,18,19). The number of nitrogens with zero attached hydrogens (tertiary/aromatic N) is 1. The molecular weight excluding hydrogens is 256 g/mol. The number of hydrogen-bond acceptors (Lipinski definition) is 4. The molecule has 116 valence electrons. The van der Waals surface area contributed by atoms with Gasteiger partial charge in [-0.15, -0.1) is 0 Å². The number of hydrogen-bond donors (Lipinski definition) is 2. The molecule has 2 atom stereocenters. The molecule has 1 aliphatic carbocycles. The van der Waals surface area contributed by atoms with Crippen molar-refractivity contribution in [3.05, 3.63) is 0 Å². The summed E-state index contributed by atoms with van der Waals surface area (Å²) in [5, 5.41) is 13.1. The topological polar surface area (TPSA) is 61.8 Å². The SMILES string of the molecule is CCCNC(CN1CCCC(OC)C1)(C(=O)O)C1CC1. The van der Waals surface area contributed by atoms with Crippen LogP contribution in [0.5, 0.6) is 0 Å². The fourth-order valence-corrected chi connectivity index (χ4v) is 3.27. The van der Waals surface area contributed by atoms with Gasteiger partial charge in [-0.3, -0.25) is 9.69 Å². The monoisotopic (exact) mass is 284 g/mol. The molecule has 2 unspecified atom stereocenters. The number of carbonyl (C=O) groups is 1. The molecule has 1 saturated heterocycles. The van der Waals surface area contributed by atoms with Gasteiger partial charge in [-0.25, -0.2) is 0 Å². The zero-order valence-electron chi connectivity index (χ0n) is 12.7. The summed E-state index contributed by atoms with van der Waals surface area (Å²) < 4.78 is 5.44. The molecule has 1 aliphatic heterocycles. The van der Waals surface area contributed by atoms with Crippen LogP contribution in [0.2, 0.25) is 0 Å². The number of carboxylic acids is 1. The van der Waals surface area contributed by atoms with E-state index in [2.05, 4.69) is 17.1 Å². The molecule has 0 spiro atoms. The largest absolute Gasteiger partial charge is 0.480 e. The van der Waals surface area contributed by atoms with Gasteiger partial charge in [0.05, 0.1) is 6.10 Å². The predicted molar refractivity (Wildman–Crippen MR) is 77.9 cm³/mol. The van der Waals surface area contributed by atoms with E-state index >= 15 is 0 Å². The Kier molecular flexibility index (Phi) is 5.41. The number of piperidine rings is 1. The molecule has 0 amide bonds. The third-order valence-corrected chi connectivity index (χ3v) is 4.61. The van der Waals surface area contributed by atoms with E-state index in [1.54, 1.807) is 7.11 Å². The highest BCUT2D eigenvalue weighted by Gasteiger charge is 2.51. The number of likely N-dealkylation sites (tertiary alicyclic amines) is 1. The summed E-state index contributed by atoms with van der Waals surface area (Å²) in [6.45, 7) is 5.28. The maximum absolute atomic E-state index is 11.9. The molecule has 0 bridgehead atoms. The van der Waals surface area contributed by atoms with Crippen LogP contribution in [0.3, 0.4) is 0 Å². The van der Waals surface area contributed by atoms with Crippen LogP contribution < -0.4 is 5.32 Å². The van der Waals surface area contributed by atoms with E-state index in [0.717, 1.165) is 51.7 Å². The minimum absolute atomic E-state index is 0.251. The van der Waals surface area contributed by atoms with Crippen LogP contribution in [-0.4, -0.2) is 60.9 Å². The zero-order chi connectivity index (χ0) is 14.6. The van der Waals surface area contributed by atoms with Crippen LogP contribution in [0.4, 0.5) is 0 Å². The van der Waals surface area contributed by atoms with Crippen molar-refractivity contribution < 1.29 is 14.6 Å². The summed E-state index contributed by atoms with van der Waals surface area (Å²) >= 11 is 0. The molecule has 2 rings (SSSR count). The quantitative estimate of drug-likeness (QED) is 0.704. The smallest absolute Gasteiger partial charge is 0.325 e. The molecule has 1 saturated carbocycles. The second-order valence-electron chi connectivity index (χ2n) is 6.21. The first-order valence-electron chi connectivity index (χ1n) is 7.86. The van der Waals surface area contributed by atoms with Crippen LogP contribution >= 0.6 is 0 Å². The Labute approximate surface area is 121 Å². The molecule has 1 heterocycles. The van der Waals surface area contributed by atoms with Gasteiger partial charge < -0.3 is 15.2 Å². The van der Waals surface area contributed by atoms with Gasteiger partial charge in [-0.05, 0) is 51.1 Å². The van der Waals surface area contributed by atoms with E-state index in [4.69, 9.17) is 4.74 Å². The lowest BCUT2D eigenvalue weighted by Crippen LogP contribution is -2.62. The van der Waals surface area contributed by atoms with Crippen molar-refractivity contribution >= 4 is 5.97 Å². The Morgan fingerprint density at radius 2 is 2.20 bits per heavy atom. The fraction of sp³-hybridized carbons (Fsp3) is 0.933. The molecule has 20 heavy (non-hydrogen) atoms. The van der Waals surface area contributed by atoms with Crippen molar-refractivity contribution in [2.75, 3.05) is 33.3 Å². The Bertz CT molecular complexity index is 333. The number of carboxylic acid groups (broad SMARTS) is 1. The number of methoxy groups -OCH3 is 1. The van der Waals surface area contributed by atoms with Gasteiger partial charge in [-0.1, -0.05) is 6.92 Å². The van der Waals surface area contributed by atoms with E-state index in [-0.39, 0.29) is 12.0 Å². The van der Waals surface area contributed by atoms with Crippen molar-refractivity contribution in [1.82, 2.24) is 10.2 Å². The maximum atomic E-state index is 11.9. The molecule has 2 fully saturated rings. The first-order valence-corrected chi connectivity index (χ1v) is 7.86. The van der Waals surface area contributed by atoms with Crippen LogP contribution in [0.1, 0.15) is 39.0 Å². The summed E-state index contributed by atoms with van der Waals surface area (Å²) in [7, 11) is 1.74. The van der Waals surface area contributed by atoms with E-state index in [1.165, 1.54) is 0 Å². The normalized spacial score (nSPS) is 27.2. The Morgan fingerprint density at radius 1 is 1.45 bits per heavy atom. The Balaban J connectivity index is 2.04. The summed E-state index contributed by atoms with van der Waals surface area (Å²) in [4.78, 5) is 14.2. The molecule has 5 heteroatoms. The van der Waals surface area contributed by atoms with E-state index in [1.807, 2.05) is 0 Å². The fourth-order valence-electron chi connectivity index (χ4n) is 3.27. The van der Waals surface area contributed by atoms with Crippen molar-refractivity contribution in [2.24, 2.45) is 5.92 Å². The molecular formula is C15H28N2O3. The van der Waals surface area contributed by atoms with Gasteiger partial charge in [0.1, 0.15) is 5.54 Å². The molecule has 2 aliphatic rings. The molecule has 0 aromatic carbocycles. The minimum atomic E-state index is -0.758. The highest BCUT2D eigenvalue weighted by atomic mass is 16.5. The third kappa shape index (κ3) is 3.51. The molecule has 5 nitrogen and oxygen atoms in total. The molecule has 0 radical (unpaired) electrons. The van der Waals surface area contributed by atoms with Crippen molar-refractivity contribution in [1.29, 1.82) is 0 Å². The second kappa shape index (κ2) is 6.87. The Hall–Kier alpha value is -0.650. The van der Waals surface area contributed by atoms with Crippen molar-refractivity contribution in [2.45, 2.75) is 50.7 Å². The first kappa shape index (κ1) is 15.7. The van der Waals surface area contributed by atoms with Gasteiger partial charge in [-0.2, -0.15) is 0 Å². The average molecular weight is 284 g/mol. The summed E-state index contributed by atoms with van der Waals surface area (Å²) in [5.41, 5.74) is -0.758. The van der Waals surface area contributed by atoms with Gasteiger partial charge in [0.15, 0.2) is 0 Å². The Morgan fingerprint density at radius 3 is 2.75 bits per heavy atom. The number of ether oxygens (including phenoxy) is 1. The summed E-state index contributed by atoms with van der Waals surface area (Å²) in [6.07, 6.45) is 5.45. The van der Waals surface area contributed by atoms with Crippen LogP contribution in [-0.2, 0) is 9.53 Å². The lowest BCUT2D eigenvalue weighted by molar-refractivity contribution is -0.147. The van der Waals surface area contributed by atoms with Crippen LogP contribution in [0, 0.1) is 5.92 Å². The average Bonchev–Trinajstić information content (AvgIpc) is 3.28. The third-order valence-electron chi connectivity index (χ3n) is 4.61. The van der Waals surface area contributed by atoms with Gasteiger partial charge in [0.25, 0.3) is 0 Å². The number of rotatable bonds is 8. The number of aliphatic carboxylic acids is 1. The molecule has 0 aromatic rings. The van der Waals surface area contributed by atoms with Gasteiger partial charge in [0, 0.05) is 20.2 Å². The van der Waals surface area contributed by atoms with E-state index in [0.29, 0.717) is 6.54 Å². The highest BCUT2D eigenvalue weighted by Crippen LogP contribution is 2.41. The van der Waals surface area contributed by atoms with Gasteiger partial charge in [0.2, 0.25) is 0 Å².